The summed E-state index contributed by atoms with van der Waals surface area (Å²) in [6, 6.07) is 6.94. The fourth-order valence-corrected chi connectivity index (χ4v) is 3.01. The van der Waals surface area contributed by atoms with Gasteiger partial charge < -0.3 is 47.4 Å². The molecule has 0 aromatic heterocycles. The minimum atomic E-state index is 0.435. The standard InChI is InChI=1S/C27H45BrO11/c28-5-6-30-7-8-31-9-10-32-11-12-33-13-14-34-15-16-35-17-18-36-19-20-37-21-22-38-23-24-39-27-3-1-26(25-29)2-4-27/h1-4,25H,5-24H2. The number of hydrogen-bond acceptors (Lipinski definition) is 11. The Bertz CT molecular complexity index is 637. The van der Waals surface area contributed by atoms with Crippen LogP contribution in [-0.4, -0.2) is 137 Å². The molecule has 1 aromatic rings. The van der Waals surface area contributed by atoms with Gasteiger partial charge in [-0.25, -0.2) is 0 Å². The second kappa shape index (κ2) is 29.8. The van der Waals surface area contributed by atoms with Crippen LogP contribution in [0.5, 0.6) is 5.75 Å². The van der Waals surface area contributed by atoms with Crippen molar-refractivity contribution in [1.82, 2.24) is 0 Å². The first-order valence-corrected chi connectivity index (χ1v) is 14.4. The van der Waals surface area contributed by atoms with Crippen LogP contribution in [0.2, 0.25) is 0 Å². The fraction of sp³-hybridized carbons (Fsp3) is 0.741. The molecule has 0 N–H and O–H groups in total. The maximum Gasteiger partial charge on any atom is 0.150 e. The molecule has 1 aromatic carbocycles. The molecule has 0 amide bonds. The van der Waals surface area contributed by atoms with Crippen LogP contribution in [0.3, 0.4) is 0 Å². The molecular formula is C27H45BrO11. The van der Waals surface area contributed by atoms with Crippen molar-refractivity contribution in [3.63, 3.8) is 0 Å². The summed E-state index contributed by atoms with van der Waals surface area (Å²) < 4.78 is 54.3. The normalized spacial score (nSPS) is 11.2. The number of benzene rings is 1. The van der Waals surface area contributed by atoms with Crippen LogP contribution in [0.4, 0.5) is 0 Å². The first-order valence-electron chi connectivity index (χ1n) is 13.3. The summed E-state index contributed by atoms with van der Waals surface area (Å²) in [5, 5.41) is 0.836. The summed E-state index contributed by atoms with van der Waals surface area (Å²) >= 11 is 3.30. The number of ether oxygens (including phenoxy) is 10. The van der Waals surface area contributed by atoms with Crippen molar-refractivity contribution in [2.45, 2.75) is 0 Å². The lowest BCUT2D eigenvalue weighted by molar-refractivity contribution is -0.0251. The zero-order chi connectivity index (χ0) is 27.9. The number of halogens is 1. The average molecular weight is 626 g/mol. The highest BCUT2D eigenvalue weighted by Crippen LogP contribution is 2.10. The lowest BCUT2D eigenvalue weighted by Gasteiger charge is -2.09. The van der Waals surface area contributed by atoms with Crippen molar-refractivity contribution in [2.24, 2.45) is 0 Å². The van der Waals surface area contributed by atoms with E-state index in [1.807, 2.05) is 0 Å². The van der Waals surface area contributed by atoms with E-state index in [4.69, 9.17) is 47.4 Å². The summed E-state index contributed by atoms with van der Waals surface area (Å²) in [6.45, 7) is 9.96. The third-order valence-corrected chi connectivity index (χ3v) is 5.03. The number of carbonyl (C=O) groups is 1. The summed E-state index contributed by atoms with van der Waals surface area (Å²) in [5.74, 6) is 0.707. The predicted octanol–water partition coefficient (Wildman–Crippen LogP) is 2.42. The molecule has 0 unspecified atom stereocenters. The topological polar surface area (TPSA) is 109 Å². The van der Waals surface area contributed by atoms with Crippen molar-refractivity contribution < 1.29 is 52.2 Å². The van der Waals surface area contributed by atoms with Gasteiger partial charge in [0.25, 0.3) is 0 Å². The first-order chi connectivity index (χ1) is 19.4. The van der Waals surface area contributed by atoms with Crippen LogP contribution < -0.4 is 4.74 Å². The van der Waals surface area contributed by atoms with E-state index in [9.17, 15) is 4.79 Å². The highest BCUT2D eigenvalue weighted by molar-refractivity contribution is 9.09. The Balaban J connectivity index is 1.66. The van der Waals surface area contributed by atoms with E-state index < -0.39 is 0 Å². The molecular weight excluding hydrogens is 580 g/mol. The lowest BCUT2D eigenvalue weighted by atomic mass is 10.2. The van der Waals surface area contributed by atoms with Gasteiger partial charge in [0.05, 0.1) is 119 Å². The van der Waals surface area contributed by atoms with Crippen LogP contribution in [0.15, 0.2) is 24.3 Å². The van der Waals surface area contributed by atoms with Crippen LogP contribution in [-0.2, 0) is 42.6 Å². The average Bonchev–Trinajstić information content (AvgIpc) is 2.96. The van der Waals surface area contributed by atoms with E-state index in [-0.39, 0.29) is 0 Å². The molecule has 11 nitrogen and oxygen atoms in total. The maximum absolute atomic E-state index is 10.6. The molecule has 0 aliphatic rings. The van der Waals surface area contributed by atoms with Crippen LogP contribution in [0.1, 0.15) is 10.4 Å². The Kier molecular flexibility index (Phi) is 27.4. The largest absolute Gasteiger partial charge is 0.491 e. The Morgan fingerprint density at radius 1 is 0.436 bits per heavy atom. The van der Waals surface area contributed by atoms with Gasteiger partial charge in [-0.1, -0.05) is 15.9 Å². The molecule has 0 saturated heterocycles. The third kappa shape index (κ3) is 25.5. The van der Waals surface area contributed by atoms with E-state index >= 15 is 0 Å². The summed E-state index contributed by atoms with van der Waals surface area (Å²) in [5.41, 5.74) is 0.620. The molecule has 0 aliphatic carbocycles. The zero-order valence-corrected chi connectivity index (χ0v) is 24.5. The van der Waals surface area contributed by atoms with Crippen molar-refractivity contribution >= 4 is 22.2 Å². The minimum absolute atomic E-state index is 0.435. The van der Waals surface area contributed by atoms with Crippen molar-refractivity contribution in [3.05, 3.63) is 29.8 Å². The number of hydrogen-bond donors (Lipinski definition) is 0. The zero-order valence-electron chi connectivity index (χ0n) is 22.9. The molecule has 0 radical (unpaired) electrons. The summed E-state index contributed by atoms with van der Waals surface area (Å²) in [7, 11) is 0. The van der Waals surface area contributed by atoms with Gasteiger partial charge in [-0.15, -0.1) is 0 Å². The maximum atomic E-state index is 10.6. The molecule has 12 heteroatoms. The van der Waals surface area contributed by atoms with Crippen molar-refractivity contribution in [1.29, 1.82) is 0 Å². The fourth-order valence-electron chi connectivity index (χ4n) is 2.78. The third-order valence-electron chi connectivity index (χ3n) is 4.71. The molecule has 0 atom stereocenters. The quantitative estimate of drug-likeness (QED) is 0.0690. The van der Waals surface area contributed by atoms with E-state index in [1.54, 1.807) is 24.3 Å². The van der Waals surface area contributed by atoms with Crippen LogP contribution in [0, 0.1) is 0 Å². The molecule has 0 aliphatic heterocycles. The van der Waals surface area contributed by atoms with Crippen molar-refractivity contribution in [3.8, 4) is 5.75 Å². The van der Waals surface area contributed by atoms with Gasteiger partial charge in [0, 0.05) is 10.9 Å². The lowest BCUT2D eigenvalue weighted by Crippen LogP contribution is -2.15. The van der Waals surface area contributed by atoms with Gasteiger partial charge in [0.2, 0.25) is 0 Å². The van der Waals surface area contributed by atoms with E-state index in [0.29, 0.717) is 137 Å². The SMILES string of the molecule is O=Cc1ccc(OCCOCCOCCOCCOCCOCCOCCOCCOCCOCCBr)cc1. The molecule has 0 saturated carbocycles. The van der Waals surface area contributed by atoms with Gasteiger partial charge in [0.15, 0.2) is 0 Å². The van der Waals surface area contributed by atoms with E-state index in [2.05, 4.69) is 15.9 Å². The van der Waals surface area contributed by atoms with Crippen LogP contribution >= 0.6 is 15.9 Å². The minimum Gasteiger partial charge on any atom is -0.491 e. The first kappa shape index (κ1) is 35.8. The Morgan fingerprint density at radius 3 is 1.00 bits per heavy atom. The van der Waals surface area contributed by atoms with Crippen molar-refractivity contribution in [2.75, 3.05) is 131 Å². The van der Waals surface area contributed by atoms with Gasteiger partial charge in [-0.2, -0.15) is 0 Å². The van der Waals surface area contributed by atoms with Gasteiger partial charge in [-0.3, -0.25) is 4.79 Å². The smallest absolute Gasteiger partial charge is 0.150 e. The highest BCUT2D eigenvalue weighted by atomic mass is 79.9. The molecule has 1 rings (SSSR count). The number of rotatable bonds is 31. The van der Waals surface area contributed by atoms with Crippen LogP contribution in [0.25, 0.3) is 0 Å². The number of alkyl halides is 1. The predicted molar refractivity (Wildman–Crippen MR) is 148 cm³/mol. The van der Waals surface area contributed by atoms with E-state index in [0.717, 1.165) is 11.6 Å². The van der Waals surface area contributed by atoms with Gasteiger partial charge in [0.1, 0.15) is 18.6 Å². The molecule has 0 heterocycles. The second-order valence-corrected chi connectivity index (χ2v) is 8.53. The molecule has 226 valence electrons. The molecule has 39 heavy (non-hydrogen) atoms. The summed E-state index contributed by atoms with van der Waals surface area (Å²) in [4.78, 5) is 10.6. The Hall–Kier alpha value is -1.19. The molecule has 0 fully saturated rings. The van der Waals surface area contributed by atoms with Gasteiger partial charge >= 0.3 is 0 Å². The van der Waals surface area contributed by atoms with E-state index in [1.165, 1.54) is 0 Å². The Morgan fingerprint density at radius 2 is 0.718 bits per heavy atom. The number of carbonyl (C=O) groups excluding carboxylic acids is 1. The second-order valence-electron chi connectivity index (χ2n) is 7.74. The molecule has 0 bridgehead atoms. The Labute approximate surface area is 240 Å². The molecule has 0 spiro atoms. The highest BCUT2D eigenvalue weighted by Gasteiger charge is 1.97. The number of aldehydes is 1. The summed E-state index contributed by atoms with van der Waals surface area (Å²) in [6.07, 6.45) is 0.799. The van der Waals surface area contributed by atoms with Gasteiger partial charge in [-0.05, 0) is 24.3 Å². The monoisotopic (exact) mass is 624 g/mol.